The second kappa shape index (κ2) is 4.83. The summed E-state index contributed by atoms with van der Waals surface area (Å²) < 4.78 is 5.35. The lowest BCUT2D eigenvalue weighted by atomic mass is 9.99. The van der Waals surface area contributed by atoms with Crippen molar-refractivity contribution in [2.75, 3.05) is 7.11 Å². The van der Waals surface area contributed by atoms with Gasteiger partial charge in [0.25, 0.3) is 0 Å². The Hall–Kier alpha value is -0.0800. The summed E-state index contributed by atoms with van der Waals surface area (Å²) in [5.74, 6) is 0. The first kappa shape index (κ1) is 11.9. The third-order valence-corrected chi connectivity index (χ3v) is 1.97. The zero-order valence-electron chi connectivity index (χ0n) is 9.27. The molecule has 0 aliphatic rings. The number of nitrogens with one attached hydrogen (secondary N) is 1. The van der Waals surface area contributed by atoms with Crippen molar-refractivity contribution in [3.8, 4) is 0 Å². The predicted octanol–water partition coefficient (Wildman–Crippen LogP) is 2.19. The van der Waals surface area contributed by atoms with Gasteiger partial charge in [0.05, 0.1) is 5.60 Å². The molecule has 0 rings (SSSR count). The van der Waals surface area contributed by atoms with E-state index in [9.17, 15) is 0 Å². The maximum absolute atomic E-state index is 5.35. The van der Waals surface area contributed by atoms with Crippen LogP contribution < -0.4 is 5.32 Å². The van der Waals surface area contributed by atoms with Crippen molar-refractivity contribution in [1.82, 2.24) is 5.32 Å². The summed E-state index contributed by atoms with van der Waals surface area (Å²) in [6.45, 7) is 10.8. The molecule has 2 heteroatoms. The fraction of sp³-hybridized carbons (Fsp3) is 1.00. The summed E-state index contributed by atoms with van der Waals surface area (Å²) in [6.07, 6.45) is 1.04. The number of ether oxygens (including phenoxy) is 1. The highest BCUT2D eigenvalue weighted by atomic mass is 16.5. The fourth-order valence-corrected chi connectivity index (χ4v) is 1.45. The Balaban J connectivity index is 3.75. The molecule has 0 aromatic rings. The fourth-order valence-electron chi connectivity index (χ4n) is 1.45. The van der Waals surface area contributed by atoms with Gasteiger partial charge in [-0.05, 0) is 27.2 Å². The number of methoxy groups -OCH3 is 1. The third-order valence-electron chi connectivity index (χ3n) is 1.97. The van der Waals surface area contributed by atoms with Crippen molar-refractivity contribution in [2.45, 2.75) is 58.7 Å². The molecule has 0 bridgehead atoms. The van der Waals surface area contributed by atoms with Crippen LogP contribution in [0.1, 0.15) is 41.0 Å². The molecule has 0 radical (unpaired) electrons. The van der Waals surface area contributed by atoms with E-state index in [1.54, 1.807) is 7.11 Å². The standard InChI is InChI=1S/C10H23NO/c1-8(2)11-9(3)7-10(4,5)12-6/h8-9,11H,7H2,1-6H3. The molecular formula is C10H23NO. The van der Waals surface area contributed by atoms with Crippen LogP contribution in [0.2, 0.25) is 0 Å². The molecule has 0 amide bonds. The SMILES string of the molecule is COC(C)(C)CC(C)NC(C)C. The highest BCUT2D eigenvalue weighted by Crippen LogP contribution is 2.15. The van der Waals surface area contributed by atoms with Gasteiger partial charge in [-0.2, -0.15) is 0 Å². The van der Waals surface area contributed by atoms with Crippen molar-refractivity contribution < 1.29 is 4.74 Å². The number of hydrogen-bond donors (Lipinski definition) is 1. The van der Waals surface area contributed by atoms with Gasteiger partial charge in [-0.15, -0.1) is 0 Å². The van der Waals surface area contributed by atoms with Gasteiger partial charge in [0.2, 0.25) is 0 Å². The summed E-state index contributed by atoms with van der Waals surface area (Å²) in [4.78, 5) is 0. The molecule has 0 aliphatic heterocycles. The monoisotopic (exact) mass is 173 g/mol. The highest BCUT2D eigenvalue weighted by molar-refractivity contribution is 4.76. The van der Waals surface area contributed by atoms with E-state index in [2.05, 4.69) is 39.9 Å². The summed E-state index contributed by atoms with van der Waals surface area (Å²) in [7, 11) is 1.77. The maximum Gasteiger partial charge on any atom is 0.0637 e. The van der Waals surface area contributed by atoms with E-state index in [1.807, 2.05) is 0 Å². The van der Waals surface area contributed by atoms with Gasteiger partial charge in [0, 0.05) is 19.2 Å². The normalized spacial score (nSPS) is 15.2. The average Bonchev–Trinajstić information content (AvgIpc) is 1.84. The van der Waals surface area contributed by atoms with E-state index in [-0.39, 0.29) is 5.60 Å². The Labute approximate surface area is 76.7 Å². The Morgan fingerprint density at radius 2 is 1.75 bits per heavy atom. The molecule has 2 nitrogen and oxygen atoms in total. The van der Waals surface area contributed by atoms with Crippen LogP contribution in [0.5, 0.6) is 0 Å². The van der Waals surface area contributed by atoms with Gasteiger partial charge < -0.3 is 10.1 Å². The lowest BCUT2D eigenvalue weighted by Crippen LogP contribution is -2.38. The summed E-state index contributed by atoms with van der Waals surface area (Å²) in [5.41, 5.74) is -0.0126. The molecular weight excluding hydrogens is 150 g/mol. The van der Waals surface area contributed by atoms with E-state index >= 15 is 0 Å². The minimum absolute atomic E-state index is 0.0126. The van der Waals surface area contributed by atoms with E-state index in [0.29, 0.717) is 12.1 Å². The lowest BCUT2D eigenvalue weighted by Gasteiger charge is -2.28. The second-order valence-electron chi connectivity index (χ2n) is 4.39. The molecule has 0 saturated heterocycles. The van der Waals surface area contributed by atoms with Gasteiger partial charge in [0.1, 0.15) is 0 Å². The van der Waals surface area contributed by atoms with Crippen LogP contribution in [0.4, 0.5) is 0 Å². The summed E-state index contributed by atoms with van der Waals surface area (Å²) in [6, 6.07) is 1.06. The van der Waals surface area contributed by atoms with Gasteiger partial charge >= 0.3 is 0 Å². The van der Waals surface area contributed by atoms with Crippen LogP contribution in [-0.2, 0) is 4.74 Å². The number of rotatable bonds is 5. The van der Waals surface area contributed by atoms with Crippen LogP contribution in [0.3, 0.4) is 0 Å². The van der Waals surface area contributed by atoms with Crippen molar-refractivity contribution in [3.05, 3.63) is 0 Å². The van der Waals surface area contributed by atoms with Crippen LogP contribution in [-0.4, -0.2) is 24.8 Å². The van der Waals surface area contributed by atoms with E-state index in [0.717, 1.165) is 6.42 Å². The predicted molar refractivity (Wildman–Crippen MR) is 53.4 cm³/mol. The Kier molecular flexibility index (Phi) is 4.80. The van der Waals surface area contributed by atoms with Crippen molar-refractivity contribution in [1.29, 1.82) is 0 Å². The van der Waals surface area contributed by atoms with E-state index < -0.39 is 0 Å². The molecule has 0 aliphatic carbocycles. The topological polar surface area (TPSA) is 21.3 Å². The molecule has 0 heterocycles. The van der Waals surface area contributed by atoms with E-state index in [1.165, 1.54) is 0 Å². The molecule has 0 aromatic heterocycles. The largest absolute Gasteiger partial charge is 0.379 e. The van der Waals surface area contributed by atoms with E-state index in [4.69, 9.17) is 4.74 Å². The molecule has 0 aromatic carbocycles. The Morgan fingerprint density at radius 1 is 1.25 bits per heavy atom. The molecule has 74 valence electrons. The zero-order valence-corrected chi connectivity index (χ0v) is 9.27. The van der Waals surface area contributed by atoms with Crippen LogP contribution in [0.15, 0.2) is 0 Å². The third kappa shape index (κ3) is 5.56. The molecule has 0 spiro atoms. The highest BCUT2D eigenvalue weighted by Gasteiger charge is 2.19. The number of hydrogen-bond acceptors (Lipinski definition) is 2. The van der Waals surface area contributed by atoms with Crippen LogP contribution in [0.25, 0.3) is 0 Å². The van der Waals surface area contributed by atoms with Gasteiger partial charge in [-0.3, -0.25) is 0 Å². The van der Waals surface area contributed by atoms with Gasteiger partial charge in [0.15, 0.2) is 0 Å². The average molecular weight is 173 g/mol. The molecule has 0 saturated carbocycles. The molecule has 0 fully saturated rings. The molecule has 12 heavy (non-hydrogen) atoms. The minimum atomic E-state index is -0.0126. The van der Waals surface area contributed by atoms with Crippen LogP contribution in [0, 0.1) is 0 Å². The lowest BCUT2D eigenvalue weighted by molar-refractivity contribution is 0.00802. The molecule has 1 atom stereocenters. The summed E-state index contributed by atoms with van der Waals surface area (Å²) in [5, 5.41) is 3.45. The van der Waals surface area contributed by atoms with Crippen LogP contribution >= 0.6 is 0 Å². The van der Waals surface area contributed by atoms with Gasteiger partial charge in [-0.1, -0.05) is 13.8 Å². The Bertz CT molecular complexity index is 121. The molecule has 1 N–H and O–H groups in total. The quantitative estimate of drug-likeness (QED) is 0.688. The maximum atomic E-state index is 5.35. The molecule has 1 unspecified atom stereocenters. The summed E-state index contributed by atoms with van der Waals surface area (Å²) >= 11 is 0. The first-order valence-electron chi connectivity index (χ1n) is 4.68. The van der Waals surface area contributed by atoms with Crippen molar-refractivity contribution in [3.63, 3.8) is 0 Å². The van der Waals surface area contributed by atoms with Gasteiger partial charge in [-0.25, -0.2) is 0 Å². The first-order chi connectivity index (χ1) is 5.37. The first-order valence-corrected chi connectivity index (χ1v) is 4.68. The second-order valence-corrected chi connectivity index (χ2v) is 4.39. The van der Waals surface area contributed by atoms with Crippen molar-refractivity contribution >= 4 is 0 Å². The smallest absolute Gasteiger partial charge is 0.0637 e. The van der Waals surface area contributed by atoms with Crippen molar-refractivity contribution in [2.24, 2.45) is 0 Å². The minimum Gasteiger partial charge on any atom is -0.379 e. The zero-order chi connectivity index (χ0) is 9.78. The Morgan fingerprint density at radius 3 is 2.08 bits per heavy atom.